The molecule has 0 atom stereocenters. The van der Waals surface area contributed by atoms with E-state index in [1.807, 2.05) is 18.3 Å². The number of aromatic amines is 1. The van der Waals surface area contributed by atoms with Gasteiger partial charge in [-0.05, 0) is 55.9 Å². The normalized spacial score (nSPS) is 21.0. The Labute approximate surface area is 170 Å². The number of rotatable bonds is 5. The monoisotopic (exact) mass is 395 g/mol. The van der Waals surface area contributed by atoms with Gasteiger partial charge < -0.3 is 10.2 Å². The van der Waals surface area contributed by atoms with Crippen molar-refractivity contribution in [3.63, 3.8) is 0 Å². The Balaban J connectivity index is 1.41. The van der Waals surface area contributed by atoms with Crippen molar-refractivity contribution in [3.05, 3.63) is 40.9 Å². The molecule has 1 saturated carbocycles. The minimum absolute atomic E-state index is 0.480. The number of hydrogen-bond donors (Lipinski definition) is 2. The second kappa shape index (κ2) is 7.72. The molecule has 2 N–H and O–H groups in total. The second-order valence-corrected chi connectivity index (χ2v) is 8.45. The Kier molecular flexibility index (Phi) is 4.95. The molecule has 0 amide bonds. The average Bonchev–Trinajstić information content (AvgIpc) is 3.51. The van der Waals surface area contributed by atoms with Gasteiger partial charge in [-0.1, -0.05) is 23.7 Å². The van der Waals surface area contributed by atoms with Crippen molar-refractivity contribution >= 4 is 29.2 Å². The number of piperidine rings is 1. The molecular formula is C22H26ClN5. The third-order valence-electron chi connectivity index (χ3n) is 6.05. The average molecular weight is 396 g/mol. The molecule has 146 valence electrons. The number of benzene rings is 1. The van der Waals surface area contributed by atoms with Crippen molar-refractivity contribution in [1.82, 2.24) is 15.1 Å². The maximum atomic E-state index is 6.09. The standard InChI is InChI=1S/C22H26ClN5/c23-17-3-1-16(2-4-17)21-20(15-7-11-24-12-8-15)22(27-26-21)25-18-9-13-28(14-10-18)19-5-6-19/h1-4,7,11,18-19H,5-6,8-10,12-14H2,(H2,25,26,27). The van der Waals surface area contributed by atoms with Gasteiger partial charge in [0.25, 0.3) is 0 Å². The number of aliphatic imine (C=N–C) groups is 1. The number of hydrogen-bond acceptors (Lipinski definition) is 4. The van der Waals surface area contributed by atoms with Gasteiger partial charge in [-0.15, -0.1) is 0 Å². The van der Waals surface area contributed by atoms with Crippen LogP contribution in [-0.2, 0) is 0 Å². The molecule has 1 saturated heterocycles. The third-order valence-corrected chi connectivity index (χ3v) is 6.30. The molecule has 0 spiro atoms. The van der Waals surface area contributed by atoms with Crippen LogP contribution in [0.25, 0.3) is 16.8 Å². The molecule has 0 unspecified atom stereocenters. The summed E-state index contributed by atoms with van der Waals surface area (Å²) in [6.07, 6.45) is 10.1. The van der Waals surface area contributed by atoms with Crippen molar-refractivity contribution in [3.8, 4) is 11.3 Å². The van der Waals surface area contributed by atoms with Crippen LogP contribution in [-0.4, -0.2) is 53.0 Å². The minimum Gasteiger partial charge on any atom is -0.365 e. The van der Waals surface area contributed by atoms with E-state index < -0.39 is 0 Å². The van der Waals surface area contributed by atoms with E-state index in [4.69, 9.17) is 11.6 Å². The van der Waals surface area contributed by atoms with Crippen LogP contribution in [0.1, 0.15) is 37.7 Å². The number of nitrogens with one attached hydrogen (secondary N) is 2. The first-order valence-corrected chi connectivity index (χ1v) is 10.7. The van der Waals surface area contributed by atoms with Crippen molar-refractivity contribution in [2.24, 2.45) is 4.99 Å². The molecule has 2 fully saturated rings. The molecule has 5 rings (SSSR count). The highest BCUT2D eigenvalue weighted by Gasteiger charge is 2.32. The quantitative estimate of drug-likeness (QED) is 0.776. The van der Waals surface area contributed by atoms with Crippen LogP contribution in [0.15, 0.2) is 35.3 Å². The van der Waals surface area contributed by atoms with Crippen LogP contribution in [0.2, 0.25) is 5.02 Å². The summed E-state index contributed by atoms with van der Waals surface area (Å²) in [5.74, 6) is 0.969. The lowest BCUT2D eigenvalue weighted by atomic mass is 9.96. The summed E-state index contributed by atoms with van der Waals surface area (Å²) in [7, 11) is 0. The summed E-state index contributed by atoms with van der Waals surface area (Å²) >= 11 is 6.09. The van der Waals surface area contributed by atoms with Gasteiger partial charge in [0.2, 0.25) is 0 Å². The van der Waals surface area contributed by atoms with Crippen LogP contribution < -0.4 is 5.32 Å². The van der Waals surface area contributed by atoms with Crippen LogP contribution in [0, 0.1) is 0 Å². The molecule has 1 aromatic carbocycles. The zero-order valence-corrected chi connectivity index (χ0v) is 16.8. The van der Waals surface area contributed by atoms with Gasteiger partial charge in [0.15, 0.2) is 5.82 Å². The largest absolute Gasteiger partial charge is 0.365 e. The van der Waals surface area contributed by atoms with E-state index in [1.165, 1.54) is 49.9 Å². The van der Waals surface area contributed by atoms with Gasteiger partial charge in [0.1, 0.15) is 0 Å². The van der Waals surface area contributed by atoms with Crippen molar-refractivity contribution in [2.45, 2.75) is 44.2 Å². The molecule has 1 aliphatic carbocycles. The molecule has 3 aliphatic rings. The highest BCUT2D eigenvalue weighted by Crippen LogP contribution is 2.36. The van der Waals surface area contributed by atoms with Gasteiger partial charge in [-0.2, -0.15) is 5.10 Å². The number of anilines is 1. The Morgan fingerprint density at radius 2 is 1.86 bits per heavy atom. The summed E-state index contributed by atoms with van der Waals surface area (Å²) in [6.45, 7) is 3.22. The number of likely N-dealkylation sites (tertiary alicyclic amines) is 1. The predicted octanol–water partition coefficient (Wildman–Crippen LogP) is 4.63. The fourth-order valence-electron chi connectivity index (χ4n) is 4.32. The first-order valence-electron chi connectivity index (χ1n) is 10.3. The molecule has 5 nitrogen and oxygen atoms in total. The van der Waals surface area contributed by atoms with E-state index in [0.717, 1.165) is 41.1 Å². The van der Waals surface area contributed by atoms with Crippen molar-refractivity contribution in [2.75, 3.05) is 25.0 Å². The molecule has 0 bridgehead atoms. The van der Waals surface area contributed by atoms with Gasteiger partial charge in [-0.3, -0.25) is 10.1 Å². The Morgan fingerprint density at radius 1 is 1.07 bits per heavy atom. The van der Waals surface area contributed by atoms with E-state index in [0.29, 0.717) is 6.04 Å². The van der Waals surface area contributed by atoms with Crippen LogP contribution in [0.5, 0.6) is 0 Å². The van der Waals surface area contributed by atoms with E-state index in [1.54, 1.807) is 0 Å². The fourth-order valence-corrected chi connectivity index (χ4v) is 4.45. The summed E-state index contributed by atoms with van der Waals surface area (Å²) in [4.78, 5) is 7.01. The topological polar surface area (TPSA) is 56.3 Å². The number of dihydropyridines is 1. The number of H-pyrrole nitrogens is 1. The van der Waals surface area contributed by atoms with Gasteiger partial charge >= 0.3 is 0 Å². The Morgan fingerprint density at radius 3 is 2.54 bits per heavy atom. The lowest BCUT2D eigenvalue weighted by Crippen LogP contribution is -2.40. The van der Waals surface area contributed by atoms with E-state index in [9.17, 15) is 0 Å². The third kappa shape index (κ3) is 3.74. The zero-order chi connectivity index (χ0) is 18.9. The van der Waals surface area contributed by atoms with E-state index in [-0.39, 0.29) is 0 Å². The molecule has 2 aliphatic heterocycles. The Bertz CT molecular complexity index is 886. The summed E-state index contributed by atoms with van der Waals surface area (Å²) in [5, 5.41) is 12.5. The molecule has 2 aromatic rings. The first kappa shape index (κ1) is 18.0. The summed E-state index contributed by atoms with van der Waals surface area (Å²) in [5.41, 5.74) is 4.62. The molecule has 1 aromatic heterocycles. The van der Waals surface area contributed by atoms with E-state index in [2.05, 4.69) is 43.6 Å². The van der Waals surface area contributed by atoms with Crippen molar-refractivity contribution < 1.29 is 0 Å². The predicted molar refractivity (Wildman–Crippen MR) is 116 cm³/mol. The molecule has 3 heterocycles. The van der Waals surface area contributed by atoms with Crippen molar-refractivity contribution in [1.29, 1.82) is 0 Å². The Hall–Kier alpha value is -2.11. The maximum Gasteiger partial charge on any atom is 0.156 e. The number of allylic oxidation sites excluding steroid dienone is 1. The lowest BCUT2D eigenvalue weighted by Gasteiger charge is -2.32. The van der Waals surface area contributed by atoms with Crippen LogP contribution in [0.4, 0.5) is 5.82 Å². The summed E-state index contributed by atoms with van der Waals surface area (Å²) < 4.78 is 0. The molecule has 6 heteroatoms. The van der Waals surface area contributed by atoms with Crippen LogP contribution >= 0.6 is 11.6 Å². The molecule has 28 heavy (non-hydrogen) atoms. The molecule has 0 radical (unpaired) electrons. The van der Waals surface area contributed by atoms with E-state index >= 15 is 0 Å². The molecular weight excluding hydrogens is 370 g/mol. The van der Waals surface area contributed by atoms with Gasteiger partial charge in [-0.25, -0.2) is 0 Å². The fraction of sp³-hybridized carbons (Fsp3) is 0.455. The first-order chi connectivity index (χ1) is 13.8. The number of nitrogens with zero attached hydrogens (tertiary/aromatic N) is 3. The smallest absolute Gasteiger partial charge is 0.156 e. The van der Waals surface area contributed by atoms with Gasteiger partial charge in [0, 0.05) is 54.1 Å². The SMILES string of the molecule is Clc1ccc(-c2[nH]nc(NC3CCN(C4CC4)CC3)c2C2=CC=NCC2)cc1. The second-order valence-electron chi connectivity index (χ2n) is 8.01. The van der Waals surface area contributed by atoms with Crippen LogP contribution in [0.3, 0.4) is 0 Å². The van der Waals surface area contributed by atoms with Gasteiger partial charge in [0.05, 0.1) is 5.69 Å². The minimum atomic E-state index is 0.480. The highest BCUT2D eigenvalue weighted by atomic mass is 35.5. The summed E-state index contributed by atoms with van der Waals surface area (Å²) in [6, 6.07) is 9.31. The number of halogens is 1. The zero-order valence-electron chi connectivity index (χ0n) is 16.0. The lowest BCUT2D eigenvalue weighted by molar-refractivity contribution is 0.210. The highest BCUT2D eigenvalue weighted by molar-refractivity contribution is 6.30. The number of aromatic nitrogens is 2. The maximum absolute atomic E-state index is 6.09.